The summed E-state index contributed by atoms with van der Waals surface area (Å²) >= 11 is 12.0. The molecule has 5 heteroatoms. The number of benzene rings is 1. The number of aliphatic carboxylic acids is 1. The number of hydrogen-bond donors (Lipinski definition) is 1. The molecular weight excluding hydrogens is 297 g/mol. The Balaban J connectivity index is 2.00. The highest BCUT2D eigenvalue weighted by molar-refractivity contribution is 6.42. The smallest absolute Gasteiger partial charge is 0.303 e. The van der Waals surface area contributed by atoms with E-state index >= 15 is 0 Å². The van der Waals surface area contributed by atoms with Crippen LogP contribution < -0.4 is 0 Å². The number of piperidine rings is 1. The van der Waals surface area contributed by atoms with Crippen LogP contribution in [0.4, 0.5) is 0 Å². The zero-order valence-electron chi connectivity index (χ0n) is 11.3. The molecule has 1 heterocycles. The Morgan fingerprint density at radius 2 is 2.10 bits per heavy atom. The largest absolute Gasteiger partial charge is 0.481 e. The maximum atomic E-state index is 10.7. The molecule has 0 aliphatic carbocycles. The molecule has 1 unspecified atom stereocenters. The molecule has 20 heavy (non-hydrogen) atoms. The highest BCUT2D eigenvalue weighted by Crippen LogP contribution is 2.26. The monoisotopic (exact) mass is 315 g/mol. The summed E-state index contributed by atoms with van der Waals surface area (Å²) in [7, 11) is 0. The van der Waals surface area contributed by atoms with Gasteiger partial charge in [0.2, 0.25) is 0 Å². The van der Waals surface area contributed by atoms with E-state index in [1.54, 1.807) is 0 Å². The standard InChI is InChI=1S/C15H19Cl2NO2/c16-13-6-4-11(9-14(13)17)10-18-8-2-1-3-12(18)5-7-15(19)20/h4,6,9,12H,1-3,5,7-8,10H2,(H,19,20). The number of carbonyl (C=O) groups is 1. The number of nitrogens with zero attached hydrogens (tertiary/aromatic N) is 1. The van der Waals surface area contributed by atoms with E-state index in [1.165, 1.54) is 12.8 Å². The van der Waals surface area contributed by atoms with E-state index in [0.717, 1.165) is 31.5 Å². The Hall–Kier alpha value is -0.770. The summed E-state index contributed by atoms with van der Waals surface area (Å²) in [5.74, 6) is -0.718. The van der Waals surface area contributed by atoms with Gasteiger partial charge in [-0.2, -0.15) is 0 Å². The van der Waals surface area contributed by atoms with E-state index < -0.39 is 5.97 Å². The normalized spacial score (nSPS) is 20.0. The molecule has 0 radical (unpaired) electrons. The topological polar surface area (TPSA) is 40.5 Å². The van der Waals surface area contributed by atoms with Gasteiger partial charge in [0.05, 0.1) is 10.0 Å². The first-order chi connectivity index (χ1) is 9.56. The summed E-state index contributed by atoms with van der Waals surface area (Å²) in [5, 5.41) is 9.98. The van der Waals surface area contributed by atoms with Crippen LogP contribution in [0.1, 0.15) is 37.7 Å². The number of carboxylic acids is 1. The van der Waals surface area contributed by atoms with Crippen molar-refractivity contribution in [1.29, 1.82) is 0 Å². The Kier molecular flexibility index (Phi) is 5.70. The lowest BCUT2D eigenvalue weighted by Gasteiger charge is -2.35. The summed E-state index contributed by atoms with van der Waals surface area (Å²) in [5.41, 5.74) is 1.13. The van der Waals surface area contributed by atoms with E-state index in [4.69, 9.17) is 28.3 Å². The van der Waals surface area contributed by atoms with Crippen LogP contribution in [-0.2, 0) is 11.3 Å². The van der Waals surface area contributed by atoms with Gasteiger partial charge in [-0.05, 0) is 43.5 Å². The number of likely N-dealkylation sites (tertiary alicyclic amines) is 1. The van der Waals surface area contributed by atoms with Crippen molar-refractivity contribution in [2.75, 3.05) is 6.54 Å². The molecule has 1 aromatic rings. The molecule has 1 aliphatic heterocycles. The van der Waals surface area contributed by atoms with Crippen LogP contribution in [0.2, 0.25) is 10.0 Å². The lowest BCUT2D eigenvalue weighted by atomic mass is 9.97. The second-order valence-electron chi connectivity index (χ2n) is 5.30. The molecule has 0 bridgehead atoms. The molecule has 1 fully saturated rings. The van der Waals surface area contributed by atoms with Gasteiger partial charge in [-0.3, -0.25) is 9.69 Å². The minimum Gasteiger partial charge on any atom is -0.481 e. The molecular formula is C15H19Cl2NO2. The maximum absolute atomic E-state index is 10.7. The minimum atomic E-state index is -0.718. The predicted octanol–water partition coefficient (Wildman–Crippen LogP) is 4.21. The number of halogens is 2. The predicted molar refractivity (Wildman–Crippen MR) is 81.4 cm³/mol. The number of rotatable bonds is 5. The summed E-state index contributed by atoms with van der Waals surface area (Å²) in [6, 6.07) is 6.05. The van der Waals surface area contributed by atoms with Crippen molar-refractivity contribution in [3.8, 4) is 0 Å². The van der Waals surface area contributed by atoms with Crippen LogP contribution in [0.3, 0.4) is 0 Å². The van der Waals surface area contributed by atoms with Crippen LogP contribution >= 0.6 is 23.2 Å². The van der Waals surface area contributed by atoms with Crippen LogP contribution in [-0.4, -0.2) is 28.6 Å². The van der Waals surface area contributed by atoms with Gasteiger partial charge in [0.1, 0.15) is 0 Å². The Morgan fingerprint density at radius 3 is 2.80 bits per heavy atom. The molecule has 1 atom stereocenters. The molecule has 1 N–H and O–H groups in total. The average Bonchev–Trinajstić information content (AvgIpc) is 2.42. The average molecular weight is 316 g/mol. The molecule has 1 aliphatic rings. The molecule has 1 saturated heterocycles. The number of hydrogen-bond acceptors (Lipinski definition) is 2. The van der Waals surface area contributed by atoms with Gasteiger partial charge >= 0.3 is 5.97 Å². The Bertz CT molecular complexity index is 479. The van der Waals surface area contributed by atoms with E-state index in [0.29, 0.717) is 16.1 Å². The van der Waals surface area contributed by atoms with Crippen molar-refractivity contribution in [2.24, 2.45) is 0 Å². The van der Waals surface area contributed by atoms with Gasteiger partial charge in [0.15, 0.2) is 0 Å². The third kappa shape index (κ3) is 4.37. The zero-order chi connectivity index (χ0) is 14.5. The van der Waals surface area contributed by atoms with Gasteiger partial charge in [-0.1, -0.05) is 35.7 Å². The Labute approximate surface area is 129 Å². The first-order valence-corrected chi connectivity index (χ1v) is 7.71. The van der Waals surface area contributed by atoms with Crippen molar-refractivity contribution in [3.05, 3.63) is 33.8 Å². The zero-order valence-corrected chi connectivity index (χ0v) is 12.8. The van der Waals surface area contributed by atoms with Crippen LogP contribution in [0.25, 0.3) is 0 Å². The fourth-order valence-corrected chi connectivity index (χ4v) is 3.08. The summed E-state index contributed by atoms with van der Waals surface area (Å²) in [6.07, 6.45) is 4.39. The summed E-state index contributed by atoms with van der Waals surface area (Å²) < 4.78 is 0. The second kappa shape index (κ2) is 7.30. The molecule has 1 aromatic carbocycles. The quantitative estimate of drug-likeness (QED) is 0.884. The lowest BCUT2D eigenvalue weighted by Crippen LogP contribution is -2.39. The molecule has 110 valence electrons. The van der Waals surface area contributed by atoms with Crippen molar-refractivity contribution in [2.45, 2.75) is 44.7 Å². The van der Waals surface area contributed by atoms with Gasteiger partial charge in [-0.15, -0.1) is 0 Å². The molecule has 0 saturated carbocycles. The minimum absolute atomic E-state index is 0.239. The van der Waals surface area contributed by atoms with Crippen molar-refractivity contribution >= 4 is 29.2 Å². The molecule has 0 aromatic heterocycles. The van der Waals surface area contributed by atoms with E-state index in [9.17, 15) is 4.79 Å². The SMILES string of the molecule is O=C(O)CCC1CCCCN1Cc1ccc(Cl)c(Cl)c1. The third-order valence-corrected chi connectivity index (χ3v) is 4.55. The van der Waals surface area contributed by atoms with Crippen molar-refractivity contribution in [3.63, 3.8) is 0 Å². The summed E-state index contributed by atoms with van der Waals surface area (Å²) in [4.78, 5) is 13.1. The second-order valence-corrected chi connectivity index (χ2v) is 6.12. The first kappa shape index (κ1) is 15.6. The van der Waals surface area contributed by atoms with Gasteiger partial charge < -0.3 is 5.11 Å². The van der Waals surface area contributed by atoms with E-state index in [2.05, 4.69) is 4.90 Å². The molecule has 2 rings (SSSR count). The highest BCUT2D eigenvalue weighted by Gasteiger charge is 2.23. The van der Waals surface area contributed by atoms with Crippen molar-refractivity contribution in [1.82, 2.24) is 4.90 Å². The van der Waals surface area contributed by atoms with Gasteiger partial charge in [0, 0.05) is 19.0 Å². The highest BCUT2D eigenvalue weighted by atomic mass is 35.5. The fraction of sp³-hybridized carbons (Fsp3) is 0.533. The first-order valence-electron chi connectivity index (χ1n) is 6.96. The van der Waals surface area contributed by atoms with E-state index in [1.807, 2.05) is 18.2 Å². The molecule has 3 nitrogen and oxygen atoms in total. The Morgan fingerprint density at radius 1 is 1.30 bits per heavy atom. The van der Waals surface area contributed by atoms with Crippen LogP contribution in [0.5, 0.6) is 0 Å². The molecule has 0 spiro atoms. The van der Waals surface area contributed by atoms with Crippen molar-refractivity contribution < 1.29 is 9.90 Å². The van der Waals surface area contributed by atoms with E-state index in [-0.39, 0.29) is 6.42 Å². The fourth-order valence-electron chi connectivity index (χ4n) is 2.76. The van der Waals surface area contributed by atoms with Crippen LogP contribution in [0, 0.1) is 0 Å². The maximum Gasteiger partial charge on any atom is 0.303 e. The van der Waals surface area contributed by atoms with Gasteiger partial charge in [-0.25, -0.2) is 0 Å². The number of carboxylic acid groups (broad SMARTS) is 1. The van der Waals surface area contributed by atoms with Crippen LogP contribution in [0.15, 0.2) is 18.2 Å². The lowest BCUT2D eigenvalue weighted by molar-refractivity contribution is -0.137. The van der Waals surface area contributed by atoms with Gasteiger partial charge in [0.25, 0.3) is 0 Å². The molecule has 0 amide bonds. The summed E-state index contributed by atoms with van der Waals surface area (Å²) in [6.45, 7) is 1.83. The third-order valence-electron chi connectivity index (χ3n) is 3.81.